The van der Waals surface area contributed by atoms with Crippen LogP contribution in [0.3, 0.4) is 0 Å². The van der Waals surface area contributed by atoms with E-state index in [0.29, 0.717) is 17.4 Å². The summed E-state index contributed by atoms with van der Waals surface area (Å²) < 4.78 is 10.4. The molecule has 0 amide bonds. The molecule has 0 aliphatic heterocycles. The minimum Gasteiger partial charge on any atom is -0.493 e. The summed E-state index contributed by atoms with van der Waals surface area (Å²) in [7, 11) is 3.22. The fourth-order valence-corrected chi connectivity index (χ4v) is 1.78. The first-order chi connectivity index (χ1) is 7.78. The van der Waals surface area contributed by atoms with E-state index in [9.17, 15) is 0 Å². The Balaban J connectivity index is 2.51. The molecule has 0 unspecified atom stereocenters. The van der Waals surface area contributed by atoms with Gasteiger partial charge in [-0.3, -0.25) is 0 Å². The molecule has 2 rings (SSSR count). The second kappa shape index (κ2) is 4.61. The second-order valence-corrected chi connectivity index (χ2v) is 3.72. The minimum atomic E-state index is 0.550. The summed E-state index contributed by atoms with van der Waals surface area (Å²) in [6.07, 6.45) is 0.723. The molecule has 0 fully saturated rings. The molecule has 2 aromatic rings. The van der Waals surface area contributed by atoms with Gasteiger partial charge in [0.2, 0.25) is 0 Å². The number of H-pyrrole nitrogens is 1. The number of halogens is 1. The van der Waals surface area contributed by atoms with Crippen LogP contribution >= 0.6 is 11.6 Å². The van der Waals surface area contributed by atoms with Crippen molar-refractivity contribution in [1.82, 2.24) is 9.97 Å². The zero-order chi connectivity index (χ0) is 11.5. The van der Waals surface area contributed by atoms with Crippen molar-refractivity contribution in [3.63, 3.8) is 0 Å². The molecule has 1 aromatic carbocycles. The summed E-state index contributed by atoms with van der Waals surface area (Å²) in [4.78, 5) is 7.60. The predicted octanol–water partition coefficient (Wildman–Crippen LogP) is 2.36. The molecule has 0 aliphatic carbocycles. The molecule has 1 aromatic heterocycles. The number of hydrogen-bond acceptors (Lipinski definition) is 3. The highest BCUT2D eigenvalue weighted by atomic mass is 35.5. The predicted molar refractivity (Wildman–Crippen MR) is 63.6 cm³/mol. The van der Waals surface area contributed by atoms with Crippen molar-refractivity contribution in [3.8, 4) is 11.5 Å². The highest BCUT2D eigenvalue weighted by molar-refractivity contribution is 6.17. The van der Waals surface area contributed by atoms with Crippen LogP contribution in [0.1, 0.15) is 5.82 Å². The van der Waals surface area contributed by atoms with Crippen molar-refractivity contribution < 1.29 is 9.47 Å². The van der Waals surface area contributed by atoms with Gasteiger partial charge in [-0.1, -0.05) is 0 Å². The molecule has 1 N–H and O–H groups in total. The Kier molecular flexibility index (Phi) is 3.19. The molecule has 0 atom stereocenters. The minimum absolute atomic E-state index is 0.550. The van der Waals surface area contributed by atoms with Gasteiger partial charge in [0.1, 0.15) is 5.82 Å². The third-order valence-corrected chi connectivity index (χ3v) is 2.56. The van der Waals surface area contributed by atoms with E-state index in [2.05, 4.69) is 9.97 Å². The van der Waals surface area contributed by atoms with Gasteiger partial charge in [-0.05, 0) is 0 Å². The smallest absolute Gasteiger partial charge is 0.163 e. The normalized spacial score (nSPS) is 10.7. The lowest BCUT2D eigenvalue weighted by molar-refractivity contribution is 0.356. The number of imidazole rings is 1. The molecule has 0 saturated carbocycles. The van der Waals surface area contributed by atoms with Crippen molar-refractivity contribution in [1.29, 1.82) is 0 Å². The Morgan fingerprint density at radius 2 is 1.94 bits per heavy atom. The van der Waals surface area contributed by atoms with Crippen molar-refractivity contribution >= 4 is 22.6 Å². The first-order valence-electron chi connectivity index (χ1n) is 4.95. The summed E-state index contributed by atoms with van der Waals surface area (Å²) in [5.74, 6) is 2.80. The number of fused-ring (bicyclic) bond motifs is 1. The Bertz CT molecular complexity index is 455. The monoisotopic (exact) mass is 240 g/mol. The zero-order valence-corrected chi connectivity index (χ0v) is 9.97. The molecular formula is C11H13ClN2O2. The van der Waals surface area contributed by atoms with E-state index in [1.165, 1.54) is 0 Å². The highest BCUT2D eigenvalue weighted by Gasteiger charge is 2.09. The van der Waals surface area contributed by atoms with Crippen molar-refractivity contribution in [3.05, 3.63) is 18.0 Å². The van der Waals surface area contributed by atoms with E-state index < -0.39 is 0 Å². The average molecular weight is 241 g/mol. The molecule has 1 heterocycles. The van der Waals surface area contributed by atoms with Gasteiger partial charge >= 0.3 is 0 Å². The molecule has 0 aliphatic rings. The molecule has 0 saturated heterocycles. The van der Waals surface area contributed by atoms with E-state index in [1.54, 1.807) is 14.2 Å². The van der Waals surface area contributed by atoms with Gasteiger partial charge in [-0.25, -0.2) is 4.98 Å². The van der Waals surface area contributed by atoms with E-state index in [4.69, 9.17) is 21.1 Å². The van der Waals surface area contributed by atoms with Gasteiger partial charge in [0.25, 0.3) is 0 Å². The molecule has 5 heteroatoms. The van der Waals surface area contributed by atoms with E-state index in [-0.39, 0.29) is 0 Å². The lowest BCUT2D eigenvalue weighted by Gasteiger charge is -2.06. The fraction of sp³-hybridized carbons (Fsp3) is 0.364. The number of alkyl halides is 1. The van der Waals surface area contributed by atoms with E-state index in [0.717, 1.165) is 23.3 Å². The molecular weight excluding hydrogens is 228 g/mol. The number of nitrogens with one attached hydrogen (secondary N) is 1. The van der Waals surface area contributed by atoms with Gasteiger partial charge in [-0.15, -0.1) is 11.6 Å². The molecule has 16 heavy (non-hydrogen) atoms. The van der Waals surface area contributed by atoms with Crippen molar-refractivity contribution in [2.24, 2.45) is 0 Å². The standard InChI is InChI=1S/C11H13ClN2O2/c1-15-9-5-7-8(6-10(9)16-2)14-11(13-7)3-4-12/h5-6H,3-4H2,1-2H3,(H,13,14). The van der Waals surface area contributed by atoms with Gasteiger partial charge in [0, 0.05) is 24.4 Å². The molecule has 4 nitrogen and oxygen atoms in total. The SMILES string of the molecule is COc1cc2nc(CCCl)[nH]c2cc1OC. The number of aromatic amines is 1. The van der Waals surface area contributed by atoms with E-state index in [1.807, 2.05) is 12.1 Å². The highest BCUT2D eigenvalue weighted by Crippen LogP contribution is 2.30. The number of aryl methyl sites for hydroxylation is 1. The Labute approximate surface area is 98.5 Å². The lowest BCUT2D eigenvalue weighted by atomic mass is 10.3. The Morgan fingerprint density at radius 1 is 1.25 bits per heavy atom. The number of aromatic nitrogens is 2. The van der Waals surface area contributed by atoms with Crippen LogP contribution in [0.5, 0.6) is 11.5 Å². The summed E-state index contributed by atoms with van der Waals surface area (Å²) >= 11 is 5.67. The maximum atomic E-state index is 5.67. The first-order valence-corrected chi connectivity index (χ1v) is 5.48. The molecule has 86 valence electrons. The van der Waals surface area contributed by atoms with Crippen molar-refractivity contribution in [2.45, 2.75) is 6.42 Å². The maximum absolute atomic E-state index is 5.67. The molecule has 0 bridgehead atoms. The Hall–Kier alpha value is -1.42. The zero-order valence-electron chi connectivity index (χ0n) is 9.21. The van der Waals surface area contributed by atoms with Crippen LogP contribution in [-0.4, -0.2) is 30.1 Å². The topological polar surface area (TPSA) is 47.1 Å². The first kappa shape index (κ1) is 11.1. The summed E-state index contributed by atoms with van der Waals surface area (Å²) in [6.45, 7) is 0. The number of ether oxygens (including phenoxy) is 2. The number of nitrogens with zero attached hydrogens (tertiary/aromatic N) is 1. The fourth-order valence-electron chi connectivity index (χ4n) is 1.60. The summed E-state index contributed by atoms with van der Waals surface area (Å²) in [6, 6.07) is 3.72. The van der Waals surface area contributed by atoms with Crippen LogP contribution in [0, 0.1) is 0 Å². The van der Waals surface area contributed by atoms with Gasteiger partial charge in [-0.2, -0.15) is 0 Å². The third-order valence-electron chi connectivity index (χ3n) is 2.37. The van der Waals surface area contributed by atoms with Crippen LogP contribution in [0.2, 0.25) is 0 Å². The van der Waals surface area contributed by atoms with Gasteiger partial charge in [0.15, 0.2) is 11.5 Å². The average Bonchev–Trinajstić information content (AvgIpc) is 2.68. The number of rotatable bonds is 4. The van der Waals surface area contributed by atoms with E-state index >= 15 is 0 Å². The number of methoxy groups -OCH3 is 2. The molecule has 0 spiro atoms. The van der Waals surface area contributed by atoms with Crippen LogP contribution in [0.15, 0.2) is 12.1 Å². The maximum Gasteiger partial charge on any atom is 0.163 e. The summed E-state index contributed by atoms with van der Waals surface area (Å²) in [5.41, 5.74) is 1.79. The largest absolute Gasteiger partial charge is 0.493 e. The lowest BCUT2D eigenvalue weighted by Crippen LogP contribution is -1.89. The number of hydrogen-bond donors (Lipinski definition) is 1. The van der Waals surface area contributed by atoms with Crippen molar-refractivity contribution in [2.75, 3.05) is 20.1 Å². The third kappa shape index (κ3) is 1.93. The summed E-state index contributed by atoms with van der Waals surface area (Å²) in [5, 5.41) is 0. The van der Waals surface area contributed by atoms with Gasteiger partial charge in [0.05, 0.1) is 25.3 Å². The Morgan fingerprint density at radius 3 is 2.56 bits per heavy atom. The van der Waals surface area contributed by atoms with Crippen LogP contribution in [-0.2, 0) is 6.42 Å². The van der Waals surface area contributed by atoms with Crippen LogP contribution in [0.4, 0.5) is 0 Å². The van der Waals surface area contributed by atoms with Crippen LogP contribution < -0.4 is 9.47 Å². The molecule has 0 radical (unpaired) electrons. The van der Waals surface area contributed by atoms with Gasteiger partial charge < -0.3 is 14.5 Å². The van der Waals surface area contributed by atoms with Crippen LogP contribution in [0.25, 0.3) is 11.0 Å². The second-order valence-electron chi connectivity index (χ2n) is 3.35. The quantitative estimate of drug-likeness (QED) is 0.835. The number of benzene rings is 1.